The lowest BCUT2D eigenvalue weighted by Crippen LogP contribution is -2.46. The fourth-order valence-electron chi connectivity index (χ4n) is 3.43. The normalized spacial score (nSPS) is 17.2. The molecule has 8 heteroatoms. The van der Waals surface area contributed by atoms with Crippen molar-refractivity contribution in [1.29, 1.82) is 0 Å². The van der Waals surface area contributed by atoms with Crippen molar-refractivity contribution >= 4 is 11.7 Å². The summed E-state index contributed by atoms with van der Waals surface area (Å²) >= 11 is 0. The number of hydrogen-bond acceptors (Lipinski definition) is 7. The molecule has 1 aromatic heterocycles. The third kappa shape index (κ3) is 4.59. The number of nitrogens with one attached hydrogen (secondary N) is 1. The molecule has 1 N–H and O–H groups in total. The highest BCUT2D eigenvalue weighted by Gasteiger charge is 2.20. The van der Waals surface area contributed by atoms with E-state index in [1.54, 1.807) is 12.4 Å². The molecule has 8 nitrogen and oxygen atoms in total. The Morgan fingerprint density at radius 3 is 2.66 bits per heavy atom. The number of amides is 1. The summed E-state index contributed by atoms with van der Waals surface area (Å²) in [5.41, 5.74) is 1.58. The van der Waals surface area contributed by atoms with E-state index in [1.807, 2.05) is 19.9 Å². The number of piperazine rings is 1. The summed E-state index contributed by atoms with van der Waals surface area (Å²) in [6, 6.07) is 6.25. The Hall–Kier alpha value is -2.87. The number of nitrogens with zero attached hydrogens (tertiary/aromatic N) is 4. The Kier molecular flexibility index (Phi) is 5.80. The lowest BCUT2D eigenvalue weighted by molar-refractivity contribution is 0.0934. The number of carbonyl (C=O) groups is 1. The van der Waals surface area contributed by atoms with Crippen LogP contribution < -0.4 is 19.7 Å². The minimum atomic E-state index is -0.174. The Labute approximate surface area is 170 Å². The van der Waals surface area contributed by atoms with Crippen molar-refractivity contribution in [2.45, 2.75) is 32.9 Å². The zero-order valence-corrected chi connectivity index (χ0v) is 16.9. The summed E-state index contributed by atoms with van der Waals surface area (Å²) in [6.07, 6.45) is 4.14. The smallest absolute Gasteiger partial charge is 0.271 e. The molecular formula is C21H27N5O3. The molecule has 4 rings (SSSR count). The molecule has 1 saturated heterocycles. The standard InChI is InChI=1S/C21H27N5O3/c1-3-15(2)24-21(27)17-11-23-20(12-22-17)26-8-6-25(7-9-26)13-16-4-5-18-19(10-16)29-14-28-18/h4-5,10-12,15H,3,6-9,13-14H2,1-2H3,(H,24,27). The molecule has 29 heavy (non-hydrogen) atoms. The second-order valence-electron chi connectivity index (χ2n) is 7.49. The van der Waals surface area contributed by atoms with Crippen LogP contribution in [-0.4, -0.2) is 59.8 Å². The van der Waals surface area contributed by atoms with Crippen LogP contribution in [0.3, 0.4) is 0 Å². The van der Waals surface area contributed by atoms with Crippen LogP contribution in [0.5, 0.6) is 11.5 Å². The van der Waals surface area contributed by atoms with Gasteiger partial charge in [0, 0.05) is 38.8 Å². The minimum absolute atomic E-state index is 0.127. The monoisotopic (exact) mass is 397 g/mol. The predicted octanol–water partition coefficient (Wildman–Crippen LogP) is 2.06. The Balaban J connectivity index is 1.29. The topological polar surface area (TPSA) is 79.8 Å². The fraction of sp³-hybridized carbons (Fsp3) is 0.476. The largest absolute Gasteiger partial charge is 0.454 e. The van der Waals surface area contributed by atoms with Crippen LogP contribution in [0, 0.1) is 0 Å². The van der Waals surface area contributed by atoms with E-state index in [0.29, 0.717) is 12.5 Å². The van der Waals surface area contributed by atoms with Gasteiger partial charge < -0.3 is 19.7 Å². The average Bonchev–Trinajstić information content (AvgIpc) is 3.22. The van der Waals surface area contributed by atoms with Gasteiger partial charge >= 0.3 is 0 Å². The lowest BCUT2D eigenvalue weighted by Gasteiger charge is -2.35. The van der Waals surface area contributed by atoms with Crippen LogP contribution >= 0.6 is 0 Å². The molecule has 0 saturated carbocycles. The van der Waals surface area contributed by atoms with E-state index in [0.717, 1.165) is 56.5 Å². The summed E-state index contributed by atoms with van der Waals surface area (Å²) < 4.78 is 10.8. The SMILES string of the molecule is CCC(C)NC(=O)c1cnc(N2CCN(Cc3ccc4c(c3)OCO4)CC2)cn1. The summed E-state index contributed by atoms with van der Waals surface area (Å²) in [5.74, 6) is 2.28. The highest BCUT2D eigenvalue weighted by molar-refractivity contribution is 5.92. The molecule has 1 aromatic carbocycles. The third-order valence-corrected chi connectivity index (χ3v) is 5.40. The number of hydrogen-bond donors (Lipinski definition) is 1. The quantitative estimate of drug-likeness (QED) is 0.799. The van der Waals surface area contributed by atoms with Crippen LogP contribution in [-0.2, 0) is 6.54 Å². The highest BCUT2D eigenvalue weighted by Crippen LogP contribution is 2.32. The van der Waals surface area contributed by atoms with Gasteiger partial charge in [-0.15, -0.1) is 0 Å². The molecule has 2 aromatic rings. The Bertz CT molecular complexity index is 850. The van der Waals surface area contributed by atoms with Crippen LogP contribution in [0.25, 0.3) is 0 Å². The highest BCUT2D eigenvalue weighted by atomic mass is 16.7. The van der Waals surface area contributed by atoms with E-state index >= 15 is 0 Å². The van der Waals surface area contributed by atoms with Crippen molar-refractivity contribution in [3.05, 3.63) is 41.9 Å². The van der Waals surface area contributed by atoms with Gasteiger partial charge in [-0.05, 0) is 31.0 Å². The summed E-state index contributed by atoms with van der Waals surface area (Å²) in [4.78, 5) is 25.5. The number of benzene rings is 1. The van der Waals surface area contributed by atoms with Gasteiger partial charge in [-0.1, -0.05) is 13.0 Å². The summed E-state index contributed by atoms with van der Waals surface area (Å²) in [7, 11) is 0. The molecule has 1 amide bonds. The van der Waals surface area contributed by atoms with E-state index in [9.17, 15) is 4.79 Å². The zero-order valence-electron chi connectivity index (χ0n) is 16.9. The fourth-order valence-corrected chi connectivity index (χ4v) is 3.43. The minimum Gasteiger partial charge on any atom is -0.454 e. The summed E-state index contributed by atoms with van der Waals surface area (Å²) in [5, 5.41) is 2.91. The molecule has 1 fully saturated rings. The first-order chi connectivity index (χ1) is 14.1. The number of carbonyl (C=O) groups excluding carboxylic acids is 1. The van der Waals surface area contributed by atoms with Gasteiger partial charge in [-0.2, -0.15) is 0 Å². The molecule has 2 aliphatic rings. The van der Waals surface area contributed by atoms with E-state index < -0.39 is 0 Å². The Morgan fingerprint density at radius 2 is 1.93 bits per heavy atom. The van der Waals surface area contributed by atoms with Crippen molar-refractivity contribution in [3.8, 4) is 11.5 Å². The van der Waals surface area contributed by atoms with Gasteiger partial charge in [0.25, 0.3) is 5.91 Å². The van der Waals surface area contributed by atoms with E-state index in [4.69, 9.17) is 9.47 Å². The molecular weight excluding hydrogens is 370 g/mol. The van der Waals surface area contributed by atoms with Crippen LogP contribution in [0.15, 0.2) is 30.6 Å². The van der Waals surface area contributed by atoms with Gasteiger partial charge in [0.05, 0.1) is 12.4 Å². The molecule has 3 heterocycles. The second kappa shape index (κ2) is 8.65. The second-order valence-corrected chi connectivity index (χ2v) is 7.49. The first-order valence-corrected chi connectivity index (χ1v) is 10.1. The number of ether oxygens (including phenoxy) is 2. The number of fused-ring (bicyclic) bond motifs is 1. The molecule has 0 aliphatic carbocycles. The number of anilines is 1. The maximum atomic E-state index is 12.1. The van der Waals surface area contributed by atoms with E-state index in [-0.39, 0.29) is 11.9 Å². The first-order valence-electron chi connectivity index (χ1n) is 10.1. The molecule has 0 radical (unpaired) electrons. The van der Waals surface area contributed by atoms with E-state index in [2.05, 4.69) is 37.2 Å². The lowest BCUT2D eigenvalue weighted by atomic mass is 10.1. The van der Waals surface area contributed by atoms with Gasteiger partial charge in [0.2, 0.25) is 6.79 Å². The van der Waals surface area contributed by atoms with Crippen molar-refractivity contribution in [1.82, 2.24) is 20.2 Å². The number of aromatic nitrogens is 2. The van der Waals surface area contributed by atoms with Crippen LogP contribution in [0.2, 0.25) is 0 Å². The Morgan fingerprint density at radius 1 is 1.14 bits per heavy atom. The number of rotatable bonds is 6. The molecule has 1 unspecified atom stereocenters. The van der Waals surface area contributed by atoms with Crippen molar-refractivity contribution < 1.29 is 14.3 Å². The van der Waals surface area contributed by atoms with Crippen LogP contribution in [0.4, 0.5) is 5.82 Å². The molecule has 0 bridgehead atoms. The average molecular weight is 397 g/mol. The molecule has 2 aliphatic heterocycles. The van der Waals surface area contributed by atoms with Crippen LogP contribution in [0.1, 0.15) is 36.3 Å². The first kappa shape index (κ1) is 19.4. The maximum absolute atomic E-state index is 12.1. The molecule has 0 spiro atoms. The van der Waals surface area contributed by atoms with Gasteiger partial charge in [0.15, 0.2) is 11.5 Å². The maximum Gasteiger partial charge on any atom is 0.271 e. The third-order valence-electron chi connectivity index (χ3n) is 5.40. The van der Waals surface area contributed by atoms with Gasteiger partial charge in [0.1, 0.15) is 11.5 Å². The molecule has 1 atom stereocenters. The predicted molar refractivity (Wildman–Crippen MR) is 109 cm³/mol. The summed E-state index contributed by atoms with van der Waals surface area (Å²) in [6.45, 7) is 8.81. The van der Waals surface area contributed by atoms with Crippen molar-refractivity contribution in [3.63, 3.8) is 0 Å². The molecule has 154 valence electrons. The van der Waals surface area contributed by atoms with Gasteiger partial charge in [-0.3, -0.25) is 9.69 Å². The van der Waals surface area contributed by atoms with E-state index in [1.165, 1.54) is 5.56 Å². The van der Waals surface area contributed by atoms with Crippen molar-refractivity contribution in [2.75, 3.05) is 37.9 Å². The van der Waals surface area contributed by atoms with Crippen molar-refractivity contribution in [2.24, 2.45) is 0 Å². The van der Waals surface area contributed by atoms with Gasteiger partial charge in [-0.25, -0.2) is 9.97 Å². The zero-order chi connectivity index (χ0) is 20.2.